The minimum Gasteiger partial charge on any atom is -0.474 e. The van der Waals surface area contributed by atoms with Gasteiger partial charge >= 0.3 is 0 Å². The van der Waals surface area contributed by atoms with Crippen molar-refractivity contribution in [2.24, 2.45) is 11.7 Å². The zero-order chi connectivity index (χ0) is 13.0. The topological polar surface area (TPSA) is 48.1 Å². The zero-order valence-electron chi connectivity index (χ0n) is 11.5. The van der Waals surface area contributed by atoms with Crippen molar-refractivity contribution in [1.29, 1.82) is 0 Å². The quantitative estimate of drug-likeness (QED) is 0.890. The molecule has 2 atom stereocenters. The second kappa shape index (κ2) is 6.19. The highest BCUT2D eigenvalue weighted by Gasteiger charge is 2.25. The lowest BCUT2D eigenvalue weighted by Crippen LogP contribution is -2.30. The number of aromatic nitrogens is 1. The normalized spacial score (nSPS) is 23.9. The van der Waals surface area contributed by atoms with Crippen LogP contribution in [0.25, 0.3) is 0 Å². The first-order valence-electron chi connectivity index (χ1n) is 7.07. The Hall–Kier alpha value is -1.09. The summed E-state index contributed by atoms with van der Waals surface area (Å²) in [5.41, 5.74) is 7.77. The van der Waals surface area contributed by atoms with E-state index in [-0.39, 0.29) is 0 Å². The van der Waals surface area contributed by atoms with Crippen molar-refractivity contribution < 1.29 is 4.74 Å². The molecule has 2 unspecified atom stereocenters. The minimum absolute atomic E-state index is 0.337. The first-order valence-corrected chi connectivity index (χ1v) is 7.07. The van der Waals surface area contributed by atoms with Gasteiger partial charge in [0.2, 0.25) is 5.88 Å². The summed E-state index contributed by atoms with van der Waals surface area (Å²) in [5, 5.41) is 0. The Morgan fingerprint density at radius 2 is 2.11 bits per heavy atom. The van der Waals surface area contributed by atoms with Gasteiger partial charge in [0.25, 0.3) is 0 Å². The SMILES string of the molecule is CCC1CCCCC1Oc1cc(CN)cc(C)n1. The van der Waals surface area contributed by atoms with Crippen molar-refractivity contribution >= 4 is 0 Å². The van der Waals surface area contributed by atoms with Crippen molar-refractivity contribution in [1.82, 2.24) is 4.98 Å². The fourth-order valence-electron chi connectivity index (χ4n) is 2.84. The molecule has 0 radical (unpaired) electrons. The molecule has 0 bridgehead atoms. The van der Waals surface area contributed by atoms with E-state index in [1.165, 1.54) is 25.7 Å². The number of nitrogens with zero attached hydrogens (tertiary/aromatic N) is 1. The Labute approximate surface area is 110 Å². The van der Waals surface area contributed by atoms with Crippen molar-refractivity contribution in [2.45, 2.75) is 58.6 Å². The third-order valence-corrected chi connectivity index (χ3v) is 3.86. The van der Waals surface area contributed by atoms with Crippen LogP contribution in [0, 0.1) is 12.8 Å². The van der Waals surface area contributed by atoms with Gasteiger partial charge in [-0.2, -0.15) is 0 Å². The molecule has 0 amide bonds. The lowest BCUT2D eigenvalue weighted by atomic mass is 9.85. The van der Waals surface area contributed by atoms with Gasteiger partial charge < -0.3 is 10.5 Å². The van der Waals surface area contributed by atoms with Crippen molar-refractivity contribution in [3.63, 3.8) is 0 Å². The number of pyridine rings is 1. The van der Waals surface area contributed by atoms with Crippen LogP contribution in [0.3, 0.4) is 0 Å². The molecule has 2 rings (SSSR count). The Morgan fingerprint density at radius 1 is 1.33 bits per heavy atom. The Morgan fingerprint density at radius 3 is 2.83 bits per heavy atom. The van der Waals surface area contributed by atoms with Gasteiger partial charge in [-0.05, 0) is 50.2 Å². The van der Waals surface area contributed by atoms with Crippen LogP contribution in [0.5, 0.6) is 5.88 Å². The van der Waals surface area contributed by atoms with E-state index in [9.17, 15) is 0 Å². The summed E-state index contributed by atoms with van der Waals surface area (Å²) >= 11 is 0. The molecule has 18 heavy (non-hydrogen) atoms. The van der Waals surface area contributed by atoms with E-state index in [0.29, 0.717) is 18.6 Å². The molecule has 1 aliphatic carbocycles. The third kappa shape index (κ3) is 3.22. The average Bonchev–Trinajstić information content (AvgIpc) is 2.38. The van der Waals surface area contributed by atoms with E-state index in [1.54, 1.807) is 0 Å². The molecule has 0 saturated heterocycles. The van der Waals surface area contributed by atoms with E-state index < -0.39 is 0 Å². The van der Waals surface area contributed by atoms with Crippen LogP contribution < -0.4 is 10.5 Å². The monoisotopic (exact) mass is 248 g/mol. The predicted octanol–water partition coefficient (Wildman–Crippen LogP) is 3.20. The lowest BCUT2D eigenvalue weighted by Gasteiger charge is -2.30. The molecule has 0 aliphatic heterocycles. The van der Waals surface area contributed by atoms with Crippen molar-refractivity contribution in [3.8, 4) is 5.88 Å². The summed E-state index contributed by atoms with van der Waals surface area (Å²) in [5.74, 6) is 1.43. The van der Waals surface area contributed by atoms with Gasteiger partial charge in [0.05, 0.1) is 0 Å². The first kappa shape index (κ1) is 13.3. The molecule has 1 aliphatic rings. The molecule has 2 N–H and O–H groups in total. The molecule has 1 aromatic rings. The second-order valence-corrected chi connectivity index (χ2v) is 5.27. The molecule has 1 saturated carbocycles. The third-order valence-electron chi connectivity index (χ3n) is 3.86. The fourth-order valence-corrected chi connectivity index (χ4v) is 2.84. The van der Waals surface area contributed by atoms with E-state index in [4.69, 9.17) is 10.5 Å². The maximum Gasteiger partial charge on any atom is 0.214 e. The van der Waals surface area contributed by atoms with Crippen LogP contribution in [0.4, 0.5) is 0 Å². The van der Waals surface area contributed by atoms with E-state index >= 15 is 0 Å². The van der Waals surface area contributed by atoms with E-state index in [0.717, 1.165) is 23.6 Å². The molecule has 100 valence electrons. The lowest BCUT2D eigenvalue weighted by molar-refractivity contribution is 0.0856. The highest BCUT2D eigenvalue weighted by atomic mass is 16.5. The summed E-state index contributed by atoms with van der Waals surface area (Å²) in [4.78, 5) is 4.47. The van der Waals surface area contributed by atoms with E-state index in [2.05, 4.69) is 11.9 Å². The van der Waals surface area contributed by atoms with Crippen LogP contribution in [0.15, 0.2) is 12.1 Å². The molecular formula is C15H24N2O. The average molecular weight is 248 g/mol. The highest BCUT2D eigenvalue weighted by Crippen LogP contribution is 2.30. The van der Waals surface area contributed by atoms with Gasteiger partial charge in [-0.25, -0.2) is 4.98 Å². The van der Waals surface area contributed by atoms with Gasteiger partial charge in [-0.15, -0.1) is 0 Å². The number of hydrogen-bond donors (Lipinski definition) is 1. The summed E-state index contributed by atoms with van der Waals surface area (Å²) in [6, 6.07) is 4.00. The molecule has 0 aromatic carbocycles. The molecular weight excluding hydrogens is 224 g/mol. The Kier molecular flexibility index (Phi) is 4.59. The molecule has 3 nitrogen and oxygen atoms in total. The van der Waals surface area contributed by atoms with Crippen molar-refractivity contribution in [3.05, 3.63) is 23.4 Å². The predicted molar refractivity (Wildman–Crippen MR) is 73.5 cm³/mol. The van der Waals surface area contributed by atoms with Gasteiger partial charge in [0, 0.05) is 18.3 Å². The molecule has 3 heteroatoms. The number of nitrogens with two attached hydrogens (primary N) is 1. The zero-order valence-corrected chi connectivity index (χ0v) is 11.5. The summed E-state index contributed by atoms with van der Waals surface area (Å²) in [6.45, 7) is 4.78. The Balaban J connectivity index is 2.09. The summed E-state index contributed by atoms with van der Waals surface area (Å²) < 4.78 is 6.12. The molecule has 1 aromatic heterocycles. The van der Waals surface area contributed by atoms with Crippen molar-refractivity contribution in [2.75, 3.05) is 0 Å². The maximum atomic E-state index is 6.12. The summed E-state index contributed by atoms with van der Waals surface area (Å²) in [6.07, 6.45) is 6.59. The largest absolute Gasteiger partial charge is 0.474 e. The van der Waals surface area contributed by atoms with Crippen LogP contribution in [0.2, 0.25) is 0 Å². The Bertz CT molecular complexity index is 392. The van der Waals surface area contributed by atoms with Crippen LogP contribution in [0.1, 0.15) is 50.3 Å². The van der Waals surface area contributed by atoms with Crippen LogP contribution in [-0.2, 0) is 6.54 Å². The number of hydrogen-bond acceptors (Lipinski definition) is 3. The molecule has 0 spiro atoms. The maximum absolute atomic E-state index is 6.12. The number of aryl methyl sites for hydroxylation is 1. The standard InChI is InChI=1S/C15H24N2O/c1-3-13-6-4-5-7-14(13)18-15-9-12(10-16)8-11(2)17-15/h8-9,13-14H,3-7,10,16H2,1-2H3. The highest BCUT2D eigenvalue weighted by molar-refractivity contribution is 5.24. The van der Waals surface area contributed by atoms with Gasteiger partial charge in [0.15, 0.2) is 0 Å². The van der Waals surface area contributed by atoms with Gasteiger partial charge in [-0.3, -0.25) is 0 Å². The number of rotatable bonds is 4. The van der Waals surface area contributed by atoms with E-state index in [1.807, 2.05) is 19.1 Å². The first-order chi connectivity index (χ1) is 8.72. The van der Waals surface area contributed by atoms with Gasteiger partial charge in [0.1, 0.15) is 6.10 Å². The number of ether oxygens (including phenoxy) is 1. The van der Waals surface area contributed by atoms with Crippen LogP contribution >= 0.6 is 0 Å². The molecule has 1 heterocycles. The van der Waals surface area contributed by atoms with Gasteiger partial charge in [-0.1, -0.05) is 13.3 Å². The fraction of sp³-hybridized carbons (Fsp3) is 0.667. The smallest absolute Gasteiger partial charge is 0.214 e. The summed E-state index contributed by atoms with van der Waals surface area (Å²) in [7, 11) is 0. The minimum atomic E-state index is 0.337. The second-order valence-electron chi connectivity index (χ2n) is 5.27. The molecule has 1 fully saturated rings. The van der Waals surface area contributed by atoms with Crippen LogP contribution in [-0.4, -0.2) is 11.1 Å².